The summed E-state index contributed by atoms with van der Waals surface area (Å²) in [7, 11) is 0. The zero-order valence-electron chi connectivity index (χ0n) is 12.2. The van der Waals surface area contributed by atoms with Crippen LogP contribution in [0.2, 0.25) is 0 Å². The summed E-state index contributed by atoms with van der Waals surface area (Å²) in [6.45, 7) is 6.06. The molecule has 2 N–H and O–H groups in total. The van der Waals surface area contributed by atoms with Crippen molar-refractivity contribution >= 4 is 0 Å². The van der Waals surface area contributed by atoms with Crippen molar-refractivity contribution in [2.75, 3.05) is 26.4 Å². The Balaban J connectivity index is 2.58. The molecule has 1 aromatic rings. The van der Waals surface area contributed by atoms with Crippen LogP contribution in [0.3, 0.4) is 0 Å². The van der Waals surface area contributed by atoms with Gasteiger partial charge in [0.25, 0.3) is 0 Å². The highest BCUT2D eigenvalue weighted by molar-refractivity contribution is 5.34. The Bertz CT molecular complexity index is 387. The lowest BCUT2D eigenvalue weighted by Crippen LogP contribution is -2.24. The quantitative estimate of drug-likeness (QED) is 0.646. The standard InChI is InChI=1S/C15H24FNO3/c1-3-8-17-9-12-6-5-7-14(16)15(12)20-11-13(18)10-19-4-2/h5-7,13,17-18H,3-4,8-11H2,1-2H3. The third-order valence-electron chi connectivity index (χ3n) is 2.73. The zero-order chi connectivity index (χ0) is 14.8. The van der Waals surface area contributed by atoms with E-state index in [1.807, 2.05) is 13.0 Å². The zero-order valence-corrected chi connectivity index (χ0v) is 12.2. The molecule has 0 saturated carbocycles. The van der Waals surface area contributed by atoms with Gasteiger partial charge in [-0.25, -0.2) is 4.39 Å². The van der Waals surface area contributed by atoms with Crippen LogP contribution in [0.4, 0.5) is 4.39 Å². The van der Waals surface area contributed by atoms with Gasteiger partial charge < -0.3 is 19.9 Å². The van der Waals surface area contributed by atoms with Crippen LogP contribution in [0.1, 0.15) is 25.8 Å². The number of nitrogens with one attached hydrogen (secondary N) is 1. The molecule has 0 saturated heterocycles. The molecule has 0 amide bonds. The van der Waals surface area contributed by atoms with E-state index in [1.165, 1.54) is 6.07 Å². The molecule has 1 rings (SSSR count). The Hall–Kier alpha value is -1.17. The molecule has 0 spiro atoms. The first-order chi connectivity index (χ1) is 9.69. The summed E-state index contributed by atoms with van der Waals surface area (Å²) < 4.78 is 24.3. The van der Waals surface area contributed by atoms with Gasteiger partial charge in [-0.05, 0) is 26.0 Å². The van der Waals surface area contributed by atoms with Crippen LogP contribution in [0, 0.1) is 5.82 Å². The Morgan fingerprint density at radius 2 is 2.10 bits per heavy atom. The minimum atomic E-state index is -0.758. The van der Waals surface area contributed by atoms with Gasteiger partial charge in [-0.15, -0.1) is 0 Å². The van der Waals surface area contributed by atoms with E-state index in [2.05, 4.69) is 12.2 Å². The average Bonchev–Trinajstić information content (AvgIpc) is 2.44. The van der Waals surface area contributed by atoms with Crippen LogP contribution in [-0.2, 0) is 11.3 Å². The third kappa shape index (κ3) is 5.86. The Morgan fingerprint density at radius 1 is 1.30 bits per heavy atom. The second-order valence-electron chi connectivity index (χ2n) is 4.53. The van der Waals surface area contributed by atoms with Gasteiger partial charge in [-0.2, -0.15) is 0 Å². The van der Waals surface area contributed by atoms with Crippen molar-refractivity contribution in [1.82, 2.24) is 5.32 Å². The molecule has 0 radical (unpaired) electrons. The molecule has 5 heteroatoms. The van der Waals surface area contributed by atoms with E-state index < -0.39 is 11.9 Å². The highest BCUT2D eigenvalue weighted by Gasteiger charge is 2.12. The number of ether oxygens (including phenoxy) is 2. The average molecular weight is 285 g/mol. The molecule has 0 bridgehead atoms. The molecule has 1 unspecified atom stereocenters. The number of benzene rings is 1. The number of rotatable bonds is 10. The van der Waals surface area contributed by atoms with E-state index >= 15 is 0 Å². The smallest absolute Gasteiger partial charge is 0.165 e. The SMILES string of the molecule is CCCNCc1cccc(F)c1OCC(O)COCC. The number of halogens is 1. The first-order valence-corrected chi connectivity index (χ1v) is 7.05. The monoisotopic (exact) mass is 285 g/mol. The van der Waals surface area contributed by atoms with Crippen LogP contribution in [-0.4, -0.2) is 37.6 Å². The van der Waals surface area contributed by atoms with Crippen LogP contribution in [0.25, 0.3) is 0 Å². The summed E-state index contributed by atoms with van der Waals surface area (Å²) in [6.07, 6.45) is 0.254. The van der Waals surface area contributed by atoms with E-state index in [4.69, 9.17) is 9.47 Å². The first kappa shape index (κ1) is 16.9. The van der Waals surface area contributed by atoms with Crippen LogP contribution < -0.4 is 10.1 Å². The minimum absolute atomic E-state index is 0.0156. The van der Waals surface area contributed by atoms with Gasteiger partial charge in [0.1, 0.15) is 12.7 Å². The van der Waals surface area contributed by atoms with Gasteiger partial charge in [0.05, 0.1) is 6.61 Å². The highest BCUT2D eigenvalue weighted by atomic mass is 19.1. The predicted octanol–water partition coefficient (Wildman–Crippen LogP) is 2.10. The van der Waals surface area contributed by atoms with Gasteiger partial charge in [0.2, 0.25) is 0 Å². The van der Waals surface area contributed by atoms with Gasteiger partial charge in [-0.1, -0.05) is 19.1 Å². The molecule has 1 atom stereocenters. The van der Waals surface area contributed by atoms with Crippen molar-refractivity contribution in [2.24, 2.45) is 0 Å². The third-order valence-corrected chi connectivity index (χ3v) is 2.73. The van der Waals surface area contributed by atoms with E-state index in [1.54, 1.807) is 6.07 Å². The number of aliphatic hydroxyl groups is 1. The molecular formula is C15H24FNO3. The minimum Gasteiger partial charge on any atom is -0.487 e. The molecule has 0 aliphatic heterocycles. The Morgan fingerprint density at radius 3 is 2.80 bits per heavy atom. The molecule has 0 heterocycles. The maximum absolute atomic E-state index is 13.8. The molecule has 0 aromatic heterocycles. The molecule has 20 heavy (non-hydrogen) atoms. The van der Waals surface area contributed by atoms with Crippen molar-refractivity contribution in [3.63, 3.8) is 0 Å². The molecule has 0 aliphatic rings. The van der Waals surface area contributed by atoms with E-state index in [0.29, 0.717) is 13.2 Å². The molecular weight excluding hydrogens is 261 g/mol. The molecule has 114 valence electrons. The summed E-state index contributed by atoms with van der Waals surface area (Å²) in [5.41, 5.74) is 0.752. The summed E-state index contributed by atoms with van der Waals surface area (Å²) in [6, 6.07) is 4.82. The van der Waals surface area contributed by atoms with Gasteiger partial charge in [-0.3, -0.25) is 0 Å². The van der Waals surface area contributed by atoms with Crippen LogP contribution >= 0.6 is 0 Å². The molecule has 1 aromatic carbocycles. The largest absolute Gasteiger partial charge is 0.487 e. The van der Waals surface area contributed by atoms with Crippen molar-refractivity contribution in [1.29, 1.82) is 0 Å². The summed E-state index contributed by atoms with van der Waals surface area (Å²) in [5, 5.41) is 12.9. The summed E-state index contributed by atoms with van der Waals surface area (Å²) in [5.74, 6) is -0.212. The maximum atomic E-state index is 13.8. The molecule has 0 fully saturated rings. The van der Waals surface area contributed by atoms with Crippen molar-refractivity contribution < 1.29 is 19.0 Å². The second kappa shape index (κ2) is 9.69. The fourth-order valence-electron chi connectivity index (χ4n) is 1.74. The highest BCUT2D eigenvalue weighted by Crippen LogP contribution is 2.22. The fourth-order valence-corrected chi connectivity index (χ4v) is 1.74. The number of hydrogen-bond donors (Lipinski definition) is 2. The van der Waals surface area contributed by atoms with Crippen molar-refractivity contribution in [2.45, 2.75) is 32.9 Å². The topological polar surface area (TPSA) is 50.7 Å². The van der Waals surface area contributed by atoms with Crippen LogP contribution in [0.5, 0.6) is 5.75 Å². The summed E-state index contributed by atoms with van der Waals surface area (Å²) in [4.78, 5) is 0. The maximum Gasteiger partial charge on any atom is 0.165 e. The fraction of sp³-hybridized carbons (Fsp3) is 0.600. The number of hydrogen-bond acceptors (Lipinski definition) is 4. The molecule has 0 aliphatic carbocycles. The second-order valence-corrected chi connectivity index (χ2v) is 4.53. The van der Waals surface area contributed by atoms with Crippen molar-refractivity contribution in [3.8, 4) is 5.75 Å². The Kier molecular flexibility index (Phi) is 8.18. The summed E-state index contributed by atoms with van der Waals surface area (Å²) >= 11 is 0. The van der Waals surface area contributed by atoms with Crippen molar-refractivity contribution in [3.05, 3.63) is 29.6 Å². The molecule has 4 nitrogen and oxygen atoms in total. The lowest BCUT2D eigenvalue weighted by atomic mass is 10.2. The van der Waals surface area contributed by atoms with Gasteiger partial charge in [0, 0.05) is 18.7 Å². The van der Waals surface area contributed by atoms with E-state index in [9.17, 15) is 9.50 Å². The lowest BCUT2D eigenvalue weighted by molar-refractivity contribution is 0.0155. The van der Waals surface area contributed by atoms with Gasteiger partial charge in [0.15, 0.2) is 11.6 Å². The predicted molar refractivity (Wildman–Crippen MR) is 76.4 cm³/mol. The number of para-hydroxylation sites is 1. The first-order valence-electron chi connectivity index (χ1n) is 7.05. The van der Waals surface area contributed by atoms with Gasteiger partial charge >= 0.3 is 0 Å². The lowest BCUT2D eigenvalue weighted by Gasteiger charge is -2.16. The number of aliphatic hydroxyl groups excluding tert-OH is 1. The normalized spacial score (nSPS) is 12.4. The Labute approximate surface area is 119 Å². The van der Waals surface area contributed by atoms with E-state index in [0.717, 1.165) is 18.5 Å². The van der Waals surface area contributed by atoms with E-state index in [-0.39, 0.29) is 19.0 Å². The van der Waals surface area contributed by atoms with Crippen LogP contribution in [0.15, 0.2) is 18.2 Å².